The molecule has 2 saturated heterocycles. The number of carbonyl (C=O) groups excluding carboxylic acids is 2. The van der Waals surface area contributed by atoms with Gasteiger partial charge >= 0.3 is 0 Å². The third kappa shape index (κ3) is 2.26. The van der Waals surface area contributed by atoms with Crippen LogP contribution in [0.2, 0.25) is 0 Å². The number of likely N-dealkylation sites (tertiary alicyclic amines) is 2. The minimum atomic E-state index is -0.320. The highest BCUT2D eigenvalue weighted by atomic mass is 16.5. The van der Waals surface area contributed by atoms with Crippen LogP contribution in [0.15, 0.2) is 0 Å². The van der Waals surface area contributed by atoms with Crippen molar-refractivity contribution in [3.8, 4) is 0 Å². The van der Waals surface area contributed by atoms with Gasteiger partial charge in [-0.15, -0.1) is 0 Å². The van der Waals surface area contributed by atoms with E-state index < -0.39 is 0 Å². The largest absolute Gasteiger partial charge is 0.368 e. The third-order valence-electron chi connectivity index (χ3n) is 5.78. The summed E-state index contributed by atoms with van der Waals surface area (Å²) in [7, 11) is 1.86. The molecule has 0 unspecified atom stereocenters. The maximum Gasteiger partial charge on any atom is 0.252 e. The average molecular weight is 292 g/mol. The Bertz CT molecular complexity index is 458. The molecule has 2 heterocycles. The molecule has 0 aromatic rings. The number of rotatable bonds is 4. The quantitative estimate of drug-likeness (QED) is 0.773. The monoisotopic (exact) mass is 292 g/mol. The summed E-state index contributed by atoms with van der Waals surface area (Å²) in [4.78, 5) is 28.5. The lowest BCUT2D eigenvalue weighted by atomic mass is 9.84. The molecule has 4 aliphatic rings. The van der Waals surface area contributed by atoms with Gasteiger partial charge in [0.15, 0.2) is 0 Å². The molecule has 5 nitrogen and oxygen atoms in total. The zero-order valence-corrected chi connectivity index (χ0v) is 12.7. The molecular formula is C16H24N2O3. The molecule has 0 aromatic carbocycles. The number of hydrogen-bond acceptors (Lipinski definition) is 3. The van der Waals surface area contributed by atoms with E-state index in [4.69, 9.17) is 4.74 Å². The molecule has 4 fully saturated rings. The Labute approximate surface area is 125 Å². The number of ether oxygens (including phenoxy) is 1. The van der Waals surface area contributed by atoms with Crippen LogP contribution in [0.4, 0.5) is 0 Å². The van der Waals surface area contributed by atoms with E-state index >= 15 is 0 Å². The minimum absolute atomic E-state index is 0.112. The maximum atomic E-state index is 12.4. The summed E-state index contributed by atoms with van der Waals surface area (Å²) in [6.07, 6.45) is 5.42. The van der Waals surface area contributed by atoms with Crippen LogP contribution in [-0.2, 0) is 14.3 Å². The summed E-state index contributed by atoms with van der Waals surface area (Å²) in [5.41, 5.74) is 0. The van der Waals surface area contributed by atoms with Gasteiger partial charge in [0.25, 0.3) is 5.91 Å². The lowest BCUT2D eigenvalue weighted by Gasteiger charge is -2.30. The summed E-state index contributed by atoms with van der Waals surface area (Å²) in [5.74, 6) is 1.50. The van der Waals surface area contributed by atoms with Gasteiger partial charge in [-0.25, -0.2) is 0 Å². The predicted octanol–water partition coefficient (Wildman–Crippen LogP) is 0.881. The van der Waals surface area contributed by atoms with E-state index in [2.05, 4.69) is 0 Å². The van der Waals surface area contributed by atoms with Gasteiger partial charge in [0.1, 0.15) is 6.10 Å². The molecule has 2 aliphatic carbocycles. The molecule has 21 heavy (non-hydrogen) atoms. The van der Waals surface area contributed by atoms with Crippen molar-refractivity contribution in [2.24, 2.45) is 17.8 Å². The van der Waals surface area contributed by atoms with Crippen LogP contribution in [-0.4, -0.2) is 60.5 Å². The van der Waals surface area contributed by atoms with Crippen LogP contribution in [0.5, 0.6) is 0 Å². The van der Waals surface area contributed by atoms with Crippen LogP contribution in [0.25, 0.3) is 0 Å². The van der Waals surface area contributed by atoms with Crippen molar-refractivity contribution in [1.82, 2.24) is 9.80 Å². The van der Waals surface area contributed by atoms with Crippen molar-refractivity contribution in [2.75, 3.05) is 26.7 Å². The van der Waals surface area contributed by atoms with Crippen LogP contribution in [0.1, 0.15) is 32.1 Å². The molecule has 0 spiro atoms. The van der Waals surface area contributed by atoms with Gasteiger partial charge in [0.05, 0.1) is 12.6 Å². The van der Waals surface area contributed by atoms with E-state index in [0.717, 1.165) is 12.8 Å². The van der Waals surface area contributed by atoms with Gasteiger partial charge in [-0.3, -0.25) is 9.59 Å². The second kappa shape index (κ2) is 4.97. The molecule has 0 radical (unpaired) electrons. The molecule has 116 valence electrons. The van der Waals surface area contributed by atoms with Crippen LogP contribution < -0.4 is 0 Å². The number of fused-ring (bicyclic) bond motifs is 1. The van der Waals surface area contributed by atoms with Crippen molar-refractivity contribution in [1.29, 1.82) is 0 Å². The fourth-order valence-electron chi connectivity index (χ4n) is 3.88. The van der Waals surface area contributed by atoms with Crippen LogP contribution in [0, 0.1) is 17.8 Å². The fourth-order valence-corrected chi connectivity index (χ4v) is 3.88. The summed E-state index contributed by atoms with van der Waals surface area (Å²) in [6.45, 7) is 2.11. The van der Waals surface area contributed by atoms with Gasteiger partial charge in [-0.05, 0) is 31.6 Å². The zero-order chi connectivity index (χ0) is 14.6. The molecular weight excluding hydrogens is 268 g/mol. The van der Waals surface area contributed by atoms with E-state index in [-0.39, 0.29) is 29.9 Å². The van der Waals surface area contributed by atoms with E-state index in [1.54, 1.807) is 0 Å². The van der Waals surface area contributed by atoms with E-state index in [1.807, 2.05) is 16.8 Å². The first kappa shape index (κ1) is 13.6. The predicted molar refractivity (Wildman–Crippen MR) is 76.4 cm³/mol. The van der Waals surface area contributed by atoms with Gasteiger partial charge in [0, 0.05) is 32.0 Å². The molecule has 2 aliphatic heterocycles. The van der Waals surface area contributed by atoms with Crippen LogP contribution in [0.3, 0.4) is 0 Å². The first-order chi connectivity index (χ1) is 10.1. The Morgan fingerprint density at radius 2 is 2.00 bits per heavy atom. The summed E-state index contributed by atoms with van der Waals surface area (Å²) >= 11 is 0. The van der Waals surface area contributed by atoms with E-state index in [1.165, 1.54) is 19.3 Å². The molecule has 4 rings (SSSR count). The van der Waals surface area contributed by atoms with Crippen molar-refractivity contribution in [3.63, 3.8) is 0 Å². The Kier molecular flexibility index (Phi) is 3.21. The number of nitrogens with zero attached hydrogens (tertiary/aromatic N) is 2. The first-order valence-electron chi connectivity index (χ1n) is 8.32. The number of likely N-dealkylation sites (N-methyl/N-ethyl adjacent to an activating group) is 1. The minimum Gasteiger partial charge on any atom is -0.368 e. The summed E-state index contributed by atoms with van der Waals surface area (Å²) in [6, 6.07) is 0.158. The first-order valence-corrected chi connectivity index (χ1v) is 8.32. The highest BCUT2D eigenvalue weighted by Crippen LogP contribution is 2.38. The standard InChI is InChI=1S/C16H24N2O3/c1-17-13-8-18(15(19)11-3-2-4-11)7-12(13)14(16(17)20)21-9-10-5-6-10/h10-14H,2-9H2,1H3/t12-,13+,14-/m0/s1. The van der Waals surface area contributed by atoms with Crippen molar-refractivity contribution in [2.45, 2.75) is 44.2 Å². The lowest BCUT2D eigenvalue weighted by molar-refractivity contribution is -0.142. The topological polar surface area (TPSA) is 49.9 Å². The van der Waals surface area contributed by atoms with E-state index in [0.29, 0.717) is 31.5 Å². The molecule has 0 aromatic heterocycles. The molecule has 2 amide bonds. The Balaban J connectivity index is 1.42. The second-order valence-electron chi connectivity index (χ2n) is 7.25. The third-order valence-corrected chi connectivity index (χ3v) is 5.78. The van der Waals surface area contributed by atoms with Gasteiger partial charge in [-0.1, -0.05) is 6.42 Å². The molecule has 0 N–H and O–H groups in total. The Hall–Kier alpha value is -1.10. The zero-order valence-electron chi connectivity index (χ0n) is 12.7. The normalized spacial score (nSPS) is 36.0. The number of carbonyl (C=O) groups is 2. The highest BCUT2D eigenvalue weighted by molar-refractivity contribution is 5.86. The second-order valence-corrected chi connectivity index (χ2v) is 7.25. The van der Waals surface area contributed by atoms with Crippen molar-refractivity contribution < 1.29 is 14.3 Å². The number of hydrogen-bond donors (Lipinski definition) is 0. The van der Waals surface area contributed by atoms with Gasteiger partial charge in [0.2, 0.25) is 5.91 Å². The molecule has 0 bridgehead atoms. The van der Waals surface area contributed by atoms with Gasteiger partial charge in [-0.2, -0.15) is 0 Å². The van der Waals surface area contributed by atoms with Crippen molar-refractivity contribution >= 4 is 11.8 Å². The van der Waals surface area contributed by atoms with Crippen LogP contribution >= 0.6 is 0 Å². The average Bonchev–Trinajstić information content (AvgIpc) is 3.08. The lowest BCUT2D eigenvalue weighted by Crippen LogP contribution is -2.42. The molecule has 2 saturated carbocycles. The Morgan fingerprint density at radius 3 is 2.62 bits per heavy atom. The van der Waals surface area contributed by atoms with E-state index in [9.17, 15) is 9.59 Å². The summed E-state index contributed by atoms with van der Waals surface area (Å²) in [5, 5.41) is 0. The Morgan fingerprint density at radius 1 is 1.24 bits per heavy atom. The molecule has 5 heteroatoms. The maximum absolute atomic E-state index is 12.4. The number of amides is 2. The smallest absolute Gasteiger partial charge is 0.252 e. The SMILES string of the molecule is CN1C(=O)[C@@H](OCC2CC2)[C@H]2CN(C(=O)C3CCC3)C[C@H]21. The fraction of sp³-hybridized carbons (Fsp3) is 0.875. The summed E-state index contributed by atoms with van der Waals surface area (Å²) < 4.78 is 5.92. The molecule has 3 atom stereocenters. The van der Waals surface area contributed by atoms with Crippen molar-refractivity contribution in [3.05, 3.63) is 0 Å². The highest BCUT2D eigenvalue weighted by Gasteiger charge is 2.53. The van der Waals surface area contributed by atoms with Gasteiger partial charge < -0.3 is 14.5 Å².